The van der Waals surface area contributed by atoms with E-state index in [-0.39, 0.29) is 10.8 Å². The highest BCUT2D eigenvalue weighted by Crippen LogP contribution is 2.47. The number of nitrogens with zero attached hydrogens (tertiary/aromatic N) is 5. The van der Waals surface area contributed by atoms with Crippen molar-refractivity contribution in [1.82, 2.24) is 24.1 Å². The van der Waals surface area contributed by atoms with E-state index in [0.29, 0.717) is 17.6 Å². The lowest BCUT2D eigenvalue weighted by molar-refractivity contribution is 0.332. The number of para-hydroxylation sites is 2. The van der Waals surface area contributed by atoms with Crippen molar-refractivity contribution < 1.29 is 0 Å². The molecule has 1 aliphatic carbocycles. The van der Waals surface area contributed by atoms with Crippen LogP contribution in [0, 0.1) is 0 Å². The maximum atomic E-state index is 5.29. The molecule has 0 atom stereocenters. The van der Waals surface area contributed by atoms with E-state index in [1.54, 1.807) is 0 Å². The fraction of sp³-hybridized carbons (Fsp3) is 0.136. The number of benzene rings is 8. The van der Waals surface area contributed by atoms with E-state index in [2.05, 4.69) is 201 Å². The molecular formula is C59H47N5. The lowest BCUT2D eigenvalue weighted by Crippen LogP contribution is -2.33. The Labute approximate surface area is 373 Å². The molecule has 0 spiro atoms. The van der Waals surface area contributed by atoms with Gasteiger partial charge in [-0.15, -0.1) is 0 Å². The first kappa shape index (κ1) is 38.1. The summed E-state index contributed by atoms with van der Waals surface area (Å²) in [6.45, 7) is 9.61. The molecule has 64 heavy (non-hydrogen) atoms. The van der Waals surface area contributed by atoms with Crippen molar-refractivity contribution in [1.29, 1.82) is 0 Å². The number of fused-ring (bicyclic) bond motifs is 8. The third kappa shape index (κ3) is 6.10. The Morgan fingerprint density at radius 2 is 0.828 bits per heavy atom. The topological polar surface area (TPSA) is 48.5 Å². The van der Waals surface area contributed by atoms with Gasteiger partial charge in [-0.3, -0.25) is 4.57 Å². The lowest BCUT2D eigenvalue weighted by atomic mass is 9.63. The van der Waals surface area contributed by atoms with E-state index in [0.717, 1.165) is 44.3 Å². The number of rotatable bonds is 6. The Balaban J connectivity index is 1.06. The minimum absolute atomic E-state index is 0.135. The zero-order valence-corrected chi connectivity index (χ0v) is 36.5. The van der Waals surface area contributed by atoms with E-state index in [4.69, 9.17) is 15.0 Å². The lowest BCUT2D eigenvalue weighted by Gasteiger charge is -2.42. The minimum atomic E-state index is 0.135. The number of aromatic nitrogens is 5. The van der Waals surface area contributed by atoms with E-state index in [1.165, 1.54) is 62.3 Å². The van der Waals surface area contributed by atoms with E-state index >= 15 is 0 Å². The van der Waals surface area contributed by atoms with Crippen LogP contribution < -0.4 is 0 Å². The fourth-order valence-electron chi connectivity index (χ4n) is 10.4. The second-order valence-corrected chi connectivity index (χ2v) is 18.7. The van der Waals surface area contributed by atoms with Crippen LogP contribution in [-0.2, 0) is 10.8 Å². The average molecular weight is 826 g/mol. The first-order chi connectivity index (χ1) is 31.2. The van der Waals surface area contributed by atoms with Gasteiger partial charge in [0.15, 0.2) is 11.6 Å². The Bertz CT molecular complexity index is 3590. The molecular weight excluding hydrogens is 779 g/mol. The summed E-state index contributed by atoms with van der Waals surface area (Å²) in [6, 6.07) is 67.5. The second-order valence-electron chi connectivity index (χ2n) is 18.7. The molecule has 3 heterocycles. The molecule has 8 aromatic carbocycles. The van der Waals surface area contributed by atoms with Crippen molar-refractivity contribution in [3.63, 3.8) is 0 Å². The van der Waals surface area contributed by atoms with Gasteiger partial charge in [0.25, 0.3) is 0 Å². The second kappa shape index (κ2) is 14.5. The van der Waals surface area contributed by atoms with Gasteiger partial charge in [0, 0.05) is 38.4 Å². The van der Waals surface area contributed by atoms with Crippen LogP contribution in [-0.4, -0.2) is 24.1 Å². The third-order valence-electron chi connectivity index (χ3n) is 13.9. The molecule has 308 valence electrons. The normalized spacial score (nSPS) is 14.4. The Hall–Kier alpha value is -7.63. The van der Waals surface area contributed by atoms with E-state index in [1.807, 2.05) is 24.3 Å². The SMILES string of the molecule is CC1(C)CCC(C)(C)c2cc(-c3cccc(-n4c5ccccc5c5c6c7ccccc7n(-c7nc(-c8ccccc8)nc(-c8ccc(-c9ccccc9)cc8)n7)c6ccc54)c3)ccc21. The molecule has 0 fully saturated rings. The van der Waals surface area contributed by atoms with Gasteiger partial charge < -0.3 is 4.57 Å². The molecule has 0 N–H and O–H groups in total. The van der Waals surface area contributed by atoms with E-state index < -0.39 is 0 Å². The quantitative estimate of drug-likeness (QED) is 0.168. The molecule has 0 unspecified atom stereocenters. The molecule has 5 heteroatoms. The van der Waals surface area contributed by atoms with Crippen molar-refractivity contribution in [3.8, 4) is 56.7 Å². The van der Waals surface area contributed by atoms with Crippen LogP contribution in [0.25, 0.3) is 100 Å². The molecule has 0 saturated carbocycles. The minimum Gasteiger partial charge on any atom is -0.309 e. The van der Waals surface area contributed by atoms with Gasteiger partial charge in [0.05, 0.1) is 22.1 Å². The van der Waals surface area contributed by atoms with Crippen LogP contribution in [0.5, 0.6) is 0 Å². The predicted octanol–water partition coefficient (Wildman–Crippen LogP) is 15.1. The van der Waals surface area contributed by atoms with Gasteiger partial charge in [-0.25, -0.2) is 4.98 Å². The molecule has 0 aliphatic heterocycles. The Kier molecular flexibility index (Phi) is 8.61. The summed E-state index contributed by atoms with van der Waals surface area (Å²) in [4.78, 5) is 15.6. The molecule has 3 aromatic heterocycles. The summed E-state index contributed by atoms with van der Waals surface area (Å²) in [5.74, 6) is 1.83. The predicted molar refractivity (Wildman–Crippen MR) is 266 cm³/mol. The van der Waals surface area contributed by atoms with Crippen LogP contribution in [0.3, 0.4) is 0 Å². The van der Waals surface area contributed by atoms with Crippen LogP contribution in [0.2, 0.25) is 0 Å². The summed E-state index contributed by atoms with van der Waals surface area (Å²) in [7, 11) is 0. The van der Waals surface area contributed by atoms with Gasteiger partial charge in [-0.1, -0.05) is 179 Å². The van der Waals surface area contributed by atoms with Gasteiger partial charge in [0.2, 0.25) is 5.95 Å². The highest BCUT2D eigenvalue weighted by atomic mass is 15.2. The molecule has 1 aliphatic rings. The monoisotopic (exact) mass is 825 g/mol. The van der Waals surface area contributed by atoms with Crippen molar-refractivity contribution in [2.24, 2.45) is 0 Å². The Morgan fingerprint density at radius 3 is 1.48 bits per heavy atom. The first-order valence-corrected chi connectivity index (χ1v) is 22.4. The Morgan fingerprint density at radius 1 is 0.359 bits per heavy atom. The molecule has 5 nitrogen and oxygen atoms in total. The maximum Gasteiger partial charge on any atom is 0.238 e. The van der Waals surface area contributed by atoms with Gasteiger partial charge >= 0.3 is 0 Å². The van der Waals surface area contributed by atoms with Crippen molar-refractivity contribution >= 4 is 43.6 Å². The van der Waals surface area contributed by atoms with Crippen molar-refractivity contribution in [3.05, 3.63) is 199 Å². The fourth-order valence-corrected chi connectivity index (χ4v) is 10.4. The molecule has 12 rings (SSSR count). The summed E-state index contributed by atoms with van der Waals surface area (Å²) in [5, 5.41) is 4.73. The van der Waals surface area contributed by atoms with Crippen molar-refractivity contribution in [2.45, 2.75) is 51.4 Å². The molecule has 0 amide bonds. The van der Waals surface area contributed by atoms with Gasteiger partial charge in [0.1, 0.15) is 0 Å². The maximum absolute atomic E-state index is 5.29. The van der Waals surface area contributed by atoms with Crippen molar-refractivity contribution in [2.75, 3.05) is 0 Å². The van der Waals surface area contributed by atoms with E-state index in [9.17, 15) is 0 Å². The van der Waals surface area contributed by atoms with Crippen LogP contribution in [0.15, 0.2) is 188 Å². The summed E-state index contributed by atoms with van der Waals surface area (Å²) >= 11 is 0. The summed E-state index contributed by atoms with van der Waals surface area (Å²) in [5.41, 5.74) is 15.5. The molecule has 0 bridgehead atoms. The molecule has 0 radical (unpaired) electrons. The van der Waals surface area contributed by atoms with Gasteiger partial charge in [-0.05, 0) is 93.5 Å². The summed E-state index contributed by atoms with van der Waals surface area (Å²) < 4.78 is 4.67. The third-order valence-corrected chi connectivity index (χ3v) is 13.9. The molecule has 11 aromatic rings. The smallest absolute Gasteiger partial charge is 0.238 e. The standard InChI is InChI=1S/C59H47N5/c1-58(2)34-35-59(3,4)48-37-43(30-31-47(48)58)42-20-15-21-44(36-42)63-49-24-13-11-22-45(49)53-51(63)32-33-52-54(53)46-23-12-14-25-50(46)64(52)57-61-55(40-18-9-6-10-19-40)60-56(62-57)41-28-26-39(27-29-41)38-16-7-5-8-17-38/h5-33,36-37H,34-35H2,1-4H3. The largest absolute Gasteiger partial charge is 0.309 e. The summed E-state index contributed by atoms with van der Waals surface area (Å²) in [6.07, 6.45) is 2.39. The van der Waals surface area contributed by atoms with Crippen LogP contribution in [0.1, 0.15) is 51.7 Å². The highest BCUT2D eigenvalue weighted by Gasteiger charge is 2.37. The zero-order valence-electron chi connectivity index (χ0n) is 36.5. The zero-order chi connectivity index (χ0) is 43.2. The number of hydrogen-bond donors (Lipinski definition) is 0. The first-order valence-electron chi connectivity index (χ1n) is 22.4. The van der Waals surface area contributed by atoms with Crippen LogP contribution >= 0.6 is 0 Å². The molecule has 0 saturated heterocycles. The van der Waals surface area contributed by atoms with Crippen LogP contribution in [0.4, 0.5) is 0 Å². The highest BCUT2D eigenvalue weighted by molar-refractivity contribution is 6.28. The average Bonchev–Trinajstić information content (AvgIpc) is 3.86. The van der Waals surface area contributed by atoms with Gasteiger partial charge in [-0.2, -0.15) is 9.97 Å². The number of hydrogen-bond acceptors (Lipinski definition) is 3.